The van der Waals surface area contributed by atoms with E-state index in [1.165, 1.54) is 0 Å². The molecule has 0 aliphatic carbocycles. The quantitative estimate of drug-likeness (QED) is 0.867. The molecule has 15 heavy (non-hydrogen) atoms. The van der Waals surface area contributed by atoms with Gasteiger partial charge in [0.05, 0.1) is 11.6 Å². The van der Waals surface area contributed by atoms with Gasteiger partial charge in [-0.1, -0.05) is 6.07 Å². The highest BCUT2D eigenvalue weighted by Gasteiger charge is 2.22. The Balaban J connectivity index is 2.39. The van der Waals surface area contributed by atoms with Crippen molar-refractivity contribution < 1.29 is 9.84 Å². The van der Waals surface area contributed by atoms with Gasteiger partial charge in [-0.15, -0.1) is 0 Å². The molecule has 1 saturated heterocycles. The van der Waals surface area contributed by atoms with Crippen LogP contribution in [-0.2, 0) is 0 Å². The van der Waals surface area contributed by atoms with Crippen molar-refractivity contribution in [3.63, 3.8) is 0 Å². The number of hydrogen-bond donors (Lipinski definition) is 2. The summed E-state index contributed by atoms with van der Waals surface area (Å²) < 4.78 is 5.95. The first-order valence-corrected chi connectivity index (χ1v) is 5.79. The summed E-state index contributed by atoms with van der Waals surface area (Å²) in [4.78, 5) is 0. The largest absolute Gasteiger partial charge is 0.504 e. The predicted molar refractivity (Wildman–Crippen MR) is 62.6 cm³/mol. The Labute approximate surface area is 97.6 Å². The summed E-state index contributed by atoms with van der Waals surface area (Å²) in [5.41, 5.74) is 0.972. The second kappa shape index (κ2) is 4.41. The van der Waals surface area contributed by atoms with Gasteiger partial charge in [-0.25, -0.2) is 0 Å². The Morgan fingerprint density at radius 1 is 1.53 bits per heavy atom. The standard InChI is InChI=1S/C11H14BrNO2/c1-15-11-9(12)3-2-8(10(11)14)7-4-5-13-6-7/h2-3,7,13-14H,4-6H2,1H3. The van der Waals surface area contributed by atoms with E-state index in [2.05, 4.69) is 21.2 Å². The lowest BCUT2D eigenvalue weighted by Crippen LogP contribution is -2.08. The summed E-state index contributed by atoms with van der Waals surface area (Å²) in [5, 5.41) is 13.3. The fourth-order valence-corrected chi connectivity index (χ4v) is 2.49. The van der Waals surface area contributed by atoms with Gasteiger partial charge in [0.25, 0.3) is 0 Å². The van der Waals surface area contributed by atoms with Crippen LogP contribution >= 0.6 is 15.9 Å². The average Bonchev–Trinajstić information content (AvgIpc) is 2.71. The lowest BCUT2D eigenvalue weighted by molar-refractivity contribution is 0.366. The molecule has 0 amide bonds. The Bertz CT molecular complexity index is 362. The lowest BCUT2D eigenvalue weighted by Gasteiger charge is -2.14. The number of aromatic hydroxyl groups is 1. The average molecular weight is 272 g/mol. The van der Waals surface area contributed by atoms with Crippen molar-refractivity contribution in [2.24, 2.45) is 0 Å². The Kier molecular flexibility index (Phi) is 3.17. The third-order valence-electron chi connectivity index (χ3n) is 2.82. The normalized spacial score (nSPS) is 20.5. The first-order valence-electron chi connectivity index (χ1n) is 5.00. The molecule has 0 saturated carbocycles. The molecule has 1 fully saturated rings. The van der Waals surface area contributed by atoms with Gasteiger partial charge < -0.3 is 15.2 Å². The van der Waals surface area contributed by atoms with Crippen LogP contribution in [0.3, 0.4) is 0 Å². The molecule has 1 aliphatic heterocycles. The monoisotopic (exact) mass is 271 g/mol. The van der Waals surface area contributed by atoms with Crippen molar-refractivity contribution in [1.29, 1.82) is 0 Å². The molecule has 0 spiro atoms. The van der Waals surface area contributed by atoms with Crippen LogP contribution in [0.15, 0.2) is 16.6 Å². The first-order chi connectivity index (χ1) is 7.24. The van der Waals surface area contributed by atoms with E-state index in [0.717, 1.165) is 29.5 Å². The highest BCUT2D eigenvalue weighted by Crippen LogP contribution is 2.41. The van der Waals surface area contributed by atoms with Gasteiger partial charge in [-0.3, -0.25) is 0 Å². The maximum absolute atomic E-state index is 10.0. The molecule has 1 heterocycles. The van der Waals surface area contributed by atoms with Crippen LogP contribution in [0.25, 0.3) is 0 Å². The van der Waals surface area contributed by atoms with E-state index < -0.39 is 0 Å². The third kappa shape index (κ3) is 1.96. The minimum atomic E-state index is 0.264. The van der Waals surface area contributed by atoms with Crippen molar-refractivity contribution in [1.82, 2.24) is 5.32 Å². The predicted octanol–water partition coefficient (Wildman–Crippen LogP) is 2.24. The molecule has 0 radical (unpaired) electrons. The van der Waals surface area contributed by atoms with Crippen molar-refractivity contribution in [2.45, 2.75) is 12.3 Å². The minimum Gasteiger partial charge on any atom is -0.504 e. The first kappa shape index (κ1) is 10.8. The Morgan fingerprint density at radius 3 is 2.93 bits per heavy atom. The van der Waals surface area contributed by atoms with E-state index in [-0.39, 0.29) is 5.75 Å². The number of methoxy groups -OCH3 is 1. The summed E-state index contributed by atoms with van der Waals surface area (Å²) in [6.45, 7) is 1.95. The summed E-state index contributed by atoms with van der Waals surface area (Å²) in [6.07, 6.45) is 1.07. The molecule has 82 valence electrons. The molecule has 1 aromatic rings. The maximum atomic E-state index is 10.0. The molecule has 3 nitrogen and oxygen atoms in total. The molecule has 1 unspecified atom stereocenters. The maximum Gasteiger partial charge on any atom is 0.174 e. The molecule has 0 aromatic heterocycles. The van der Waals surface area contributed by atoms with E-state index in [4.69, 9.17) is 4.74 Å². The van der Waals surface area contributed by atoms with E-state index >= 15 is 0 Å². The highest BCUT2D eigenvalue weighted by molar-refractivity contribution is 9.10. The minimum absolute atomic E-state index is 0.264. The molecule has 0 bridgehead atoms. The van der Waals surface area contributed by atoms with E-state index in [0.29, 0.717) is 11.7 Å². The summed E-state index contributed by atoms with van der Waals surface area (Å²) in [5.74, 6) is 1.19. The third-order valence-corrected chi connectivity index (χ3v) is 3.44. The van der Waals surface area contributed by atoms with Crippen LogP contribution in [0.2, 0.25) is 0 Å². The molecule has 1 aromatic carbocycles. The smallest absolute Gasteiger partial charge is 0.174 e. The number of halogens is 1. The number of ether oxygens (including phenoxy) is 1. The molecule has 2 rings (SSSR count). The molecular weight excluding hydrogens is 258 g/mol. The molecule has 1 aliphatic rings. The number of benzene rings is 1. The molecule has 1 atom stereocenters. The van der Waals surface area contributed by atoms with Crippen LogP contribution in [0.1, 0.15) is 17.9 Å². The Hall–Kier alpha value is -0.740. The molecular formula is C11H14BrNO2. The topological polar surface area (TPSA) is 41.5 Å². The SMILES string of the molecule is COc1c(Br)ccc(C2CCNC2)c1O. The fraction of sp³-hybridized carbons (Fsp3) is 0.455. The van der Waals surface area contributed by atoms with E-state index in [1.807, 2.05) is 12.1 Å². The number of nitrogens with one attached hydrogen (secondary N) is 1. The van der Waals surface area contributed by atoms with Crippen LogP contribution in [0, 0.1) is 0 Å². The van der Waals surface area contributed by atoms with Gasteiger partial charge in [0.1, 0.15) is 0 Å². The van der Waals surface area contributed by atoms with Gasteiger partial charge >= 0.3 is 0 Å². The van der Waals surface area contributed by atoms with Gasteiger partial charge in [0.2, 0.25) is 0 Å². The zero-order valence-corrected chi connectivity index (χ0v) is 10.2. The second-order valence-corrected chi connectivity index (χ2v) is 4.56. The van der Waals surface area contributed by atoms with Gasteiger partial charge in [-0.2, -0.15) is 0 Å². The number of hydrogen-bond acceptors (Lipinski definition) is 3. The summed E-state index contributed by atoms with van der Waals surface area (Å²) in [7, 11) is 1.57. The van der Waals surface area contributed by atoms with Crippen LogP contribution in [0.4, 0.5) is 0 Å². The molecule has 4 heteroatoms. The van der Waals surface area contributed by atoms with E-state index in [1.54, 1.807) is 7.11 Å². The lowest BCUT2D eigenvalue weighted by atomic mass is 9.97. The van der Waals surface area contributed by atoms with Crippen LogP contribution in [-0.4, -0.2) is 25.3 Å². The molecule has 2 N–H and O–H groups in total. The highest BCUT2D eigenvalue weighted by atomic mass is 79.9. The number of phenols is 1. The fourth-order valence-electron chi connectivity index (χ4n) is 2.01. The van der Waals surface area contributed by atoms with Crippen LogP contribution < -0.4 is 10.1 Å². The number of phenolic OH excluding ortho intramolecular Hbond substituents is 1. The van der Waals surface area contributed by atoms with E-state index in [9.17, 15) is 5.11 Å². The Morgan fingerprint density at radius 2 is 2.33 bits per heavy atom. The zero-order chi connectivity index (χ0) is 10.8. The van der Waals surface area contributed by atoms with Gasteiger partial charge in [-0.05, 0) is 35.0 Å². The van der Waals surface area contributed by atoms with Gasteiger partial charge in [0, 0.05) is 18.0 Å². The number of rotatable bonds is 2. The van der Waals surface area contributed by atoms with Crippen molar-refractivity contribution in [3.8, 4) is 11.5 Å². The van der Waals surface area contributed by atoms with Crippen LogP contribution in [0.5, 0.6) is 11.5 Å². The zero-order valence-electron chi connectivity index (χ0n) is 8.59. The van der Waals surface area contributed by atoms with Crippen molar-refractivity contribution in [2.75, 3.05) is 20.2 Å². The van der Waals surface area contributed by atoms with Crippen molar-refractivity contribution in [3.05, 3.63) is 22.2 Å². The summed E-state index contributed by atoms with van der Waals surface area (Å²) >= 11 is 3.35. The second-order valence-electron chi connectivity index (χ2n) is 3.71. The summed E-state index contributed by atoms with van der Waals surface area (Å²) in [6, 6.07) is 3.88. The van der Waals surface area contributed by atoms with Gasteiger partial charge in [0.15, 0.2) is 11.5 Å². The van der Waals surface area contributed by atoms with Crippen molar-refractivity contribution >= 4 is 15.9 Å².